The zero-order valence-electron chi connectivity index (χ0n) is 16.5. The van der Waals surface area contributed by atoms with Crippen LogP contribution in [0.25, 0.3) is 10.9 Å². The molecule has 0 atom stereocenters. The van der Waals surface area contributed by atoms with Crippen LogP contribution in [-0.4, -0.2) is 16.4 Å². The number of halogens is 3. The van der Waals surface area contributed by atoms with Crippen molar-refractivity contribution >= 4 is 16.8 Å². The highest BCUT2D eigenvalue weighted by atomic mass is 19.4. The summed E-state index contributed by atoms with van der Waals surface area (Å²) in [6.45, 7) is 0. The van der Waals surface area contributed by atoms with Gasteiger partial charge >= 0.3 is 6.18 Å². The highest BCUT2D eigenvalue weighted by molar-refractivity contribution is 5.97. The van der Waals surface area contributed by atoms with E-state index in [0.29, 0.717) is 10.9 Å². The summed E-state index contributed by atoms with van der Waals surface area (Å²) in [5.74, 6) is -0.234. The lowest BCUT2D eigenvalue weighted by Gasteiger charge is -2.38. The average molecular weight is 412 g/mol. The summed E-state index contributed by atoms with van der Waals surface area (Å²) < 4.78 is 38.7. The quantitative estimate of drug-likeness (QED) is 0.577. The second-order valence-electron chi connectivity index (χ2n) is 8.09. The lowest BCUT2D eigenvalue weighted by Crippen LogP contribution is -2.51. The topological polar surface area (TPSA) is 42.0 Å². The molecule has 0 bridgehead atoms. The van der Waals surface area contributed by atoms with Crippen molar-refractivity contribution in [3.63, 3.8) is 0 Å². The van der Waals surface area contributed by atoms with E-state index in [1.54, 1.807) is 6.07 Å². The molecule has 1 aliphatic carbocycles. The van der Waals surface area contributed by atoms with E-state index in [-0.39, 0.29) is 17.0 Å². The standard InChI is InChI=1S/C24H23F3N2O/c25-24(26,27)20-10-9-18-13-19(16-28-21(18)14-20)22(30)29-23(11-5-2-6-12-23)15-17-7-3-1-4-8-17/h1,3-4,7-10,13-14,16H,2,5-6,11-12,15H2,(H,29,30). The van der Waals surface area contributed by atoms with Crippen molar-refractivity contribution in [3.8, 4) is 0 Å². The number of hydrogen-bond acceptors (Lipinski definition) is 2. The van der Waals surface area contributed by atoms with E-state index in [1.807, 2.05) is 18.2 Å². The summed E-state index contributed by atoms with van der Waals surface area (Å²) >= 11 is 0. The van der Waals surface area contributed by atoms with Crippen molar-refractivity contribution in [2.24, 2.45) is 0 Å². The number of aromatic nitrogens is 1. The number of nitrogens with zero attached hydrogens (tertiary/aromatic N) is 1. The molecule has 1 aromatic heterocycles. The Hall–Kier alpha value is -2.89. The summed E-state index contributed by atoms with van der Waals surface area (Å²) in [6, 6.07) is 15.1. The SMILES string of the molecule is O=C(NC1(Cc2ccccc2)CCCCC1)c1cnc2cc(C(F)(F)F)ccc2c1. The summed E-state index contributed by atoms with van der Waals surface area (Å²) in [7, 11) is 0. The first-order valence-electron chi connectivity index (χ1n) is 10.2. The van der Waals surface area contributed by atoms with E-state index >= 15 is 0 Å². The summed E-state index contributed by atoms with van der Waals surface area (Å²) in [5.41, 5.74) is 0.698. The molecule has 2 aromatic carbocycles. The molecule has 3 nitrogen and oxygen atoms in total. The minimum absolute atomic E-state index is 0.220. The van der Waals surface area contributed by atoms with Crippen LogP contribution in [-0.2, 0) is 12.6 Å². The number of pyridine rings is 1. The summed E-state index contributed by atoms with van der Waals surface area (Å²) in [5, 5.41) is 3.75. The zero-order valence-corrected chi connectivity index (χ0v) is 16.5. The van der Waals surface area contributed by atoms with Gasteiger partial charge in [-0.25, -0.2) is 0 Å². The van der Waals surface area contributed by atoms with Crippen LogP contribution >= 0.6 is 0 Å². The van der Waals surface area contributed by atoms with Gasteiger partial charge in [0.1, 0.15) is 0 Å². The fourth-order valence-electron chi connectivity index (χ4n) is 4.30. The predicted octanol–water partition coefficient (Wildman–Crippen LogP) is 5.93. The number of benzene rings is 2. The van der Waals surface area contributed by atoms with Crippen LogP contribution in [0.15, 0.2) is 60.8 Å². The largest absolute Gasteiger partial charge is 0.416 e. The average Bonchev–Trinajstić information content (AvgIpc) is 2.73. The molecule has 1 amide bonds. The third kappa shape index (κ3) is 4.48. The van der Waals surface area contributed by atoms with Crippen LogP contribution in [0, 0.1) is 0 Å². The van der Waals surface area contributed by atoms with Gasteiger partial charge in [-0.3, -0.25) is 9.78 Å². The second kappa shape index (κ2) is 8.09. The van der Waals surface area contributed by atoms with Crippen LogP contribution in [0.4, 0.5) is 13.2 Å². The lowest BCUT2D eigenvalue weighted by atomic mass is 9.77. The molecule has 0 aliphatic heterocycles. The first kappa shape index (κ1) is 20.4. The maximum Gasteiger partial charge on any atom is 0.416 e. The van der Waals surface area contributed by atoms with Crippen molar-refractivity contribution < 1.29 is 18.0 Å². The predicted molar refractivity (Wildman–Crippen MR) is 110 cm³/mol. The van der Waals surface area contributed by atoms with Crippen LogP contribution in [0.1, 0.15) is 53.6 Å². The van der Waals surface area contributed by atoms with Gasteiger partial charge in [-0.2, -0.15) is 13.2 Å². The Morgan fingerprint density at radius 3 is 2.43 bits per heavy atom. The molecule has 30 heavy (non-hydrogen) atoms. The van der Waals surface area contributed by atoms with Gasteiger partial charge in [-0.05, 0) is 43.0 Å². The van der Waals surface area contributed by atoms with Gasteiger partial charge in [0.05, 0.1) is 16.6 Å². The molecule has 1 saturated carbocycles. The zero-order chi connectivity index (χ0) is 21.2. The van der Waals surface area contributed by atoms with E-state index in [2.05, 4.69) is 22.4 Å². The van der Waals surface area contributed by atoms with Crippen molar-refractivity contribution in [2.45, 2.75) is 50.2 Å². The number of nitrogens with one attached hydrogen (secondary N) is 1. The number of fused-ring (bicyclic) bond motifs is 1. The molecule has 0 unspecified atom stereocenters. The first-order valence-corrected chi connectivity index (χ1v) is 10.2. The van der Waals surface area contributed by atoms with Gasteiger partial charge in [-0.1, -0.05) is 55.7 Å². The molecular formula is C24H23F3N2O. The normalized spacial score (nSPS) is 16.4. The molecule has 1 heterocycles. The number of hydrogen-bond donors (Lipinski definition) is 1. The maximum absolute atomic E-state index is 13.0. The first-order chi connectivity index (χ1) is 14.3. The summed E-state index contributed by atoms with van der Waals surface area (Å²) in [4.78, 5) is 17.2. The molecule has 1 aliphatic rings. The molecular weight excluding hydrogens is 389 g/mol. The minimum Gasteiger partial charge on any atom is -0.346 e. The van der Waals surface area contributed by atoms with E-state index in [0.717, 1.165) is 50.7 Å². The van der Waals surface area contributed by atoms with Crippen LogP contribution in [0.3, 0.4) is 0 Å². The molecule has 0 spiro atoms. The Labute approximate surface area is 173 Å². The fourth-order valence-corrected chi connectivity index (χ4v) is 4.30. The number of carbonyl (C=O) groups excluding carboxylic acids is 1. The smallest absolute Gasteiger partial charge is 0.346 e. The van der Waals surface area contributed by atoms with E-state index in [1.165, 1.54) is 17.8 Å². The van der Waals surface area contributed by atoms with Gasteiger partial charge in [-0.15, -0.1) is 0 Å². The Kier molecular flexibility index (Phi) is 5.50. The molecule has 6 heteroatoms. The third-order valence-corrected chi connectivity index (χ3v) is 5.85. The Morgan fingerprint density at radius 1 is 1.00 bits per heavy atom. The highest BCUT2D eigenvalue weighted by Gasteiger charge is 2.34. The Morgan fingerprint density at radius 2 is 1.73 bits per heavy atom. The van der Waals surface area contributed by atoms with Gasteiger partial charge in [0, 0.05) is 17.1 Å². The maximum atomic E-state index is 13.0. The fraction of sp³-hybridized carbons (Fsp3) is 0.333. The Bertz CT molecular complexity index is 1040. The van der Waals surface area contributed by atoms with Crippen LogP contribution in [0.5, 0.6) is 0 Å². The van der Waals surface area contributed by atoms with Crippen LogP contribution in [0.2, 0.25) is 0 Å². The molecule has 3 aromatic rings. The van der Waals surface area contributed by atoms with Gasteiger partial charge in [0.15, 0.2) is 0 Å². The highest BCUT2D eigenvalue weighted by Crippen LogP contribution is 2.33. The van der Waals surface area contributed by atoms with Gasteiger partial charge < -0.3 is 5.32 Å². The minimum atomic E-state index is -4.42. The second-order valence-corrected chi connectivity index (χ2v) is 8.09. The van der Waals surface area contributed by atoms with Crippen molar-refractivity contribution in [3.05, 3.63) is 77.5 Å². The van der Waals surface area contributed by atoms with Gasteiger partial charge in [0.25, 0.3) is 5.91 Å². The molecule has 1 N–H and O–H groups in total. The van der Waals surface area contributed by atoms with Crippen molar-refractivity contribution in [1.29, 1.82) is 0 Å². The number of amides is 1. The van der Waals surface area contributed by atoms with E-state index in [9.17, 15) is 18.0 Å². The molecule has 0 radical (unpaired) electrons. The molecule has 156 valence electrons. The molecule has 1 fully saturated rings. The number of alkyl halides is 3. The van der Waals surface area contributed by atoms with Crippen molar-refractivity contribution in [1.82, 2.24) is 10.3 Å². The number of carbonyl (C=O) groups is 1. The van der Waals surface area contributed by atoms with E-state index < -0.39 is 11.7 Å². The lowest BCUT2D eigenvalue weighted by molar-refractivity contribution is -0.137. The monoisotopic (exact) mass is 412 g/mol. The Balaban J connectivity index is 1.58. The van der Waals surface area contributed by atoms with Crippen molar-refractivity contribution in [2.75, 3.05) is 0 Å². The van der Waals surface area contributed by atoms with E-state index in [4.69, 9.17) is 0 Å². The molecule has 0 saturated heterocycles. The summed E-state index contributed by atoms with van der Waals surface area (Å²) in [6.07, 6.45) is 2.79. The van der Waals surface area contributed by atoms with Crippen LogP contribution < -0.4 is 5.32 Å². The molecule has 4 rings (SSSR count). The number of rotatable bonds is 4. The van der Waals surface area contributed by atoms with Gasteiger partial charge in [0.2, 0.25) is 0 Å². The third-order valence-electron chi connectivity index (χ3n) is 5.85.